The van der Waals surface area contributed by atoms with Crippen LogP contribution in [0.3, 0.4) is 0 Å². The normalized spacial score (nSPS) is 15.5. The van der Waals surface area contributed by atoms with Crippen LogP contribution in [-0.2, 0) is 4.74 Å². The van der Waals surface area contributed by atoms with Gasteiger partial charge in [0.25, 0.3) is 0 Å². The maximum absolute atomic E-state index is 14.0. The Balaban J connectivity index is 2.52. The third kappa shape index (κ3) is 2.12. The number of nitrogens with two attached hydrogens (primary N) is 1. The van der Waals surface area contributed by atoms with Gasteiger partial charge in [0.1, 0.15) is 5.69 Å². The Hall–Kier alpha value is -1.95. The molecular weight excluding hydrogens is 227 g/mol. The largest absolute Gasteiger partial charge is 0.393 e. The molecule has 0 fully saturated rings. The Kier molecular flexibility index (Phi) is 3.06. The monoisotopic (exact) mass is 238 g/mol. The number of hydrogen-bond acceptors (Lipinski definition) is 4. The van der Waals surface area contributed by atoms with Gasteiger partial charge in [-0.3, -0.25) is 10.1 Å². The minimum Gasteiger partial charge on any atom is -0.393 e. The number of benzene rings is 1. The zero-order valence-electron chi connectivity index (χ0n) is 8.98. The first-order valence-electron chi connectivity index (χ1n) is 5.10. The van der Waals surface area contributed by atoms with Gasteiger partial charge < -0.3 is 10.5 Å². The van der Waals surface area contributed by atoms with Crippen molar-refractivity contribution in [2.45, 2.75) is 6.42 Å². The van der Waals surface area contributed by atoms with E-state index < -0.39 is 16.4 Å². The summed E-state index contributed by atoms with van der Waals surface area (Å²) in [6.07, 6.45) is 2.26. The Bertz CT molecular complexity index is 500. The molecule has 1 aliphatic heterocycles. The van der Waals surface area contributed by atoms with E-state index in [4.69, 9.17) is 10.5 Å². The van der Waals surface area contributed by atoms with E-state index in [-0.39, 0.29) is 11.3 Å². The number of nitrogens with zero attached hydrogens (tertiary/aromatic N) is 1. The summed E-state index contributed by atoms with van der Waals surface area (Å²) < 4.78 is 19.1. The van der Waals surface area contributed by atoms with Crippen molar-refractivity contribution >= 4 is 16.9 Å². The molecule has 0 aliphatic carbocycles. The second-order valence-corrected chi connectivity index (χ2v) is 3.68. The molecule has 90 valence electrons. The van der Waals surface area contributed by atoms with Crippen molar-refractivity contribution in [3.05, 3.63) is 39.7 Å². The number of nitro benzene ring substituents is 1. The number of anilines is 1. The fraction of sp³-hybridized carbons (Fsp3) is 0.273. The highest BCUT2D eigenvalue weighted by molar-refractivity contribution is 5.73. The molecule has 1 aromatic carbocycles. The lowest BCUT2D eigenvalue weighted by Crippen LogP contribution is -2.07. The number of ether oxygens (including phenoxy) is 1. The van der Waals surface area contributed by atoms with Crippen LogP contribution in [-0.4, -0.2) is 18.1 Å². The molecule has 0 unspecified atom stereocenters. The standard InChI is InChI=1S/C11H11FN2O3/c12-10-8(7-3-5-17-6-4-7)1-2-9(13)11(10)14(15)16/h1-3H,4-6,13H2. The second-order valence-electron chi connectivity index (χ2n) is 3.68. The summed E-state index contributed by atoms with van der Waals surface area (Å²) in [7, 11) is 0. The van der Waals surface area contributed by atoms with Crippen molar-refractivity contribution in [2.75, 3.05) is 18.9 Å². The van der Waals surface area contributed by atoms with Gasteiger partial charge in [0.2, 0.25) is 5.82 Å². The average Bonchev–Trinajstić information content (AvgIpc) is 2.30. The summed E-state index contributed by atoms with van der Waals surface area (Å²) in [4.78, 5) is 9.92. The van der Waals surface area contributed by atoms with Gasteiger partial charge in [-0.1, -0.05) is 6.08 Å². The van der Waals surface area contributed by atoms with Gasteiger partial charge >= 0.3 is 5.69 Å². The second kappa shape index (κ2) is 4.50. The molecule has 1 aliphatic rings. The van der Waals surface area contributed by atoms with Gasteiger partial charge in [-0.25, -0.2) is 0 Å². The Morgan fingerprint density at radius 3 is 2.82 bits per heavy atom. The van der Waals surface area contributed by atoms with Crippen LogP contribution in [0.1, 0.15) is 12.0 Å². The molecule has 2 N–H and O–H groups in total. The van der Waals surface area contributed by atoms with Gasteiger partial charge in [-0.2, -0.15) is 4.39 Å². The quantitative estimate of drug-likeness (QED) is 0.486. The predicted molar refractivity (Wildman–Crippen MR) is 60.9 cm³/mol. The minimum atomic E-state index is -0.872. The van der Waals surface area contributed by atoms with E-state index in [2.05, 4.69) is 0 Å². The molecule has 6 heteroatoms. The molecule has 0 aromatic heterocycles. The van der Waals surface area contributed by atoms with Gasteiger partial charge in [0.15, 0.2) is 0 Å². The summed E-state index contributed by atoms with van der Waals surface area (Å²) in [5, 5.41) is 10.7. The molecule has 0 radical (unpaired) electrons. The summed E-state index contributed by atoms with van der Waals surface area (Å²) >= 11 is 0. The van der Waals surface area contributed by atoms with Gasteiger partial charge in [-0.15, -0.1) is 0 Å². The Morgan fingerprint density at radius 1 is 1.47 bits per heavy atom. The van der Waals surface area contributed by atoms with E-state index in [0.717, 1.165) is 5.57 Å². The van der Waals surface area contributed by atoms with Crippen molar-refractivity contribution in [3.8, 4) is 0 Å². The molecule has 17 heavy (non-hydrogen) atoms. The maximum atomic E-state index is 14.0. The SMILES string of the molecule is Nc1ccc(C2=CCOCC2)c(F)c1[N+](=O)[O-]. The van der Waals surface area contributed by atoms with E-state index >= 15 is 0 Å². The summed E-state index contributed by atoms with van der Waals surface area (Å²) in [6.45, 7) is 0.885. The van der Waals surface area contributed by atoms with Crippen molar-refractivity contribution in [3.63, 3.8) is 0 Å². The lowest BCUT2D eigenvalue weighted by molar-refractivity contribution is -0.386. The first-order chi connectivity index (χ1) is 8.11. The van der Waals surface area contributed by atoms with E-state index in [1.54, 1.807) is 6.08 Å². The molecule has 0 spiro atoms. The summed E-state index contributed by atoms with van der Waals surface area (Å²) in [5.74, 6) is -0.872. The predicted octanol–water partition coefficient (Wildman–Crippen LogP) is 2.12. The summed E-state index contributed by atoms with van der Waals surface area (Å²) in [5.41, 5.74) is 5.52. The van der Waals surface area contributed by atoms with Crippen LogP contribution in [0.2, 0.25) is 0 Å². The molecular formula is C11H11FN2O3. The smallest absolute Gasteiger partial charge is 0.328 e. The molecule has 0 bridgehead atoms. The van der Waals surface area contributed by atoms with Crippen molar-refractivity contribution < 1.29 is 14.1 Å². The zero-order valence-corrected chi connectivity index (χ0v) is 8.98. The number of rotatable bonds is 2. The molecule has 5 nitrogen and oxygen atoms in total. The number of hydrogen-bond donors (Lipinski definition) is 1. The van der Waals surface area contributed by atoms with Crippen LogP contribution in [0, 0.1) is 15.9 Å². The number of halogens is 1. The topological polar surface area (TPSA) is 78.4 Å². The van der Waals surface area contributed by atoms with Gasteiger partial charge in [0, 0.05) is 5.56 Å². The lowest BCUT2D eigenvalue weighted by Gasteiger charge is -2.14. The van der Waals surface area contributed by atoms with Crippen molar-refractivity contribution in [2.24, 2.45) is 0 Å². The average molecular weight is 238 g/mol. The van der Waals surface area contributed by atoms with Crippen molar-refractivity contribution in [1.82, 2.24) is 0 Å². The highest BCUT2D eigenvalue weighted by Gasteiger charge is 2.23. The van der Waals surface area contributed by atoms with E-state index in [0.29, 0.717) is 19.6 Å². The fourth-order valence-corrected chi connectivity index (χ4v) is 1.78. The molecule has 0 saturated heterocycles. The fourth-order valence-electron chi connectivity index (χ4n) is 1.78. The van der Waals surface area contributed by atoms with Crippen LogP contribution >= 0.6 is 0 Å². The van der Waals surface area contributed by atoms with Gasteiger partial charge in [0.05, 0.1) is 18.1 Å². The van der Waals surface area contributed by atoms with Crippen LogP contribution in [0.15, 0.2) is 18.2 Å². The first-order valence-corrected chi connectivity index (χ1v) is 5.10. The molecule has 1 heterocycles. The van der Waals surface area contributed by atoms with Crippen molar-refractivity contribution in [1.29, 1.82) is 0 Å². The minimum absolute atomic E-state index is 0.163. The Labute approximate surface area is 96.8 Å². The molecule has 0 amide bonds. The van der Waals surface area contributed by atoms with E-state index in [1.807, 2.05) is 0 Å². The van der Waals surface area contributed by atoms with Gasteiger partial charge in [-0.05, 0) is 24.1 Å². The van der Waals surface area contributed by atoms with Crippen LogP contribution < -0.4 is 5.73 Å². The third-order valence-electron chi connectivity index (χ3n) is 2.64. The van der Waals surface area contributed by atoms with Crippen LogP contribution in [0.25, 0.3) is 5.57 Å². The molecule has 1 aromatic rings. The van der Waals surface area contributed by atoms with Crippen LogP contribution in [0.5, 0.6) is 0 Å². The number of nitrogen functional groups attached to an aromatic ring is 1. The summed E-state index contributed by atoms with van der Waals surface area (Å²) in [6, 6.07) is 2.82. The Morgan fingerprint density at radius 2 is 2.24 bits per heavy atom. The third-order valence-corrected chi connectivity index (χ3v) is 2.64. The maximum Gasteiger partial charge on any atom is 0.328 e. The molecule has 0 saturated carbocycles. The van der Waals surface area contributed by atoms with E-state index in [1.165, 1.54) is 12.1 Å². The lowest BCUT2D eigenvalue weighted by atomic mass is 10.00. The van der Waals surface area contributed by atoms with Crippen LogP contribution in [0.4, 0.5) is 15.8 Å². The molecule has 0 atom stereocenters. The molecule has 2 rings (SSSR count). The number of nitro groups is 1. The first kappa shape index (κ1) is 11.5. The highest BCUT2D eigenvalue weighted by Crippen LogP contribution is 2.32. The zero-order chi connectivity index (χ0) is 12.4. The highest BCUT2D eigenvalue weighted by atomic mass is 19.1. The van der Waals surface area contributed by atoms with E-state index in [9.17, 15) is 14.5 Å².